The maximum Gasteiger partial charge on any atom is 0.278 e. The Kier molecular flexibility index (Phi) is 3.34. The Balaban J connectivity index is 2.03. The topological polar surface area (TPSA) is 47.4 Å². The minimum atomic E-state index is -1.66. The molecule has 5 nitrogen and oxygen atoms in total. The first-order valence-corrected chi connectivity index (χ1v) is 7.12. The molecule has 3 rings (SSSR count). The van der Waals surface area contributed by atoms with Crippen LogP contribution < -0.4 is 0 Å². The summed E-state index contributed by atoms with van der Waals surface area (Å²) in [7, 11) is 1.60. The number of imidazole rings is 1. The van der Waals surface area contributed by atoms with Crippen LogP contribution in [-0.2, 0) is 16.1 Å². The van der Waals surface area contributed by atoms with E-state index in [1.807, 2.05) is 0 Å². The highest BCUT2D eigenvalue weighted by Gasteiger charge is 2.37. The van der Waals surface area contributed by atoms with E-state index in [-0.39, 0.29) is 5.92 Å². The molecule has 0 aromatic carbocycles. The molecule has 19 heavy (non-hydrogen) atoms. The second-order valence-electron chi connectivity index (χ2n) is 4.99. The van der Waals surface area contributed by atoms with Gasteiger partial charge in [0.2, 0.25) is 0 Å². The Labute approximate surface area is 118 Å². The zero-order valence-electron chi connectivity index (χ0n) is 10.6. The molecule has 0 spiro atoms. The van der Waals surface area contributed by atoms with Crippen LogP contribution in [0.5, 0.6) is 0 Å². The van der Waals surface area contributed by atoms with E-state index in [1.54, 1.807) is 7.05 Å². The normalized spacial score (nSPS) is 24.7. The zero-order valence-corrected chi connectivity index (χ0v) is 12.2. The van der Waals surface area contributed by atoms with Gasteiger partial charge in [0.25, 0.3) is 12.2 Å². The minimum absolute atomic E-state index is 0.160. The number of hydrogen-bond acceptors (Lipinski definition) is 3. The average molecular weight is 332 g/mol. The van der Waals surface area contributed by atoms with Crippen LogP contribution in [0.15, 0.2) is 4.60 Å². The number of nitrogens with zero attached hydrogens (tertiary/aromatic N) is 3. The Morgan fingerprint density at radius 1 is 1.42 bits per heavy atom. The number of ether oxygens (including phenoxy) is 1. The van der Waals surface area contributed by atoms with E-state index in [4.69, 9.17) is 4.74 Å². The summed E-state index contributed by atoms with van der Waals surface area (Å²) in [6.07, 6.45) is -0.0235. The summed E-state index contributed by atoms with van der Waals surface area (Å²) in [4.78, 5) is 17.6. The summed E-state index contributed by atoms with van der Waals surface area (Å²) in [6, 6.07) is 0. The molecular weight excluding hydrogens is 317 g/mol. The number of alkyl halides is 1. The summed E-state index contributed by atoms with van der Waals surface area (Å²) in [5, 5.41) is 0. The molecule has 0 radical (unpaired) electrons. The van der Waals surface area contributed by atoms with Gasteiger partial charge in [0.1, 0.15) is 10.4 Å². The Hall–Kier alpha value is -0.950. The standard InChI is InChI=1S/C12H15BrFN3O2/c1-16-6-8-9(13)15-11(7-2-4-19-5-3-7)17(8)10(14)12(16)18/h7,10H,2-6H2,1H3. The fraction of sp³-hybridized carbons (Fsp3) is 0.667. The molecule has 1 fully saturated rings. The predicted octanol–water partition coefficient (Wildman–Crippen LogP) is 1.98. The number of aromatic nitrogens is 2. The van der Waals surface area contributed by atoms with Gasteiger partial charge in [-0.25, -0.2) is 9.37 Å². The molecule has 0 saturated carbocycles. The van der Waals surface area contributed by atoms with Crippen LogP contribution in [0.4, 0.5) is 4.39 Å². The fourth-order valence-electron chi connectivity index (χ4n) is 2.69. The number of amides is 1. The molecule has 104 valence electrons. The smallest absolute Gasteiger partial charge is 0.278 e. The molecule has 2 aliphatic rings. The first-order valence-electron chi connectivity index (χ1n) is 6.33. The second-order valence-corrected chi connectivity index (χ2v) is 5.75. The third kappa shape index (κ3) is 2.08. The minimum Gasteiger partial charge on any atom is -0.381 e. The van der Waals surface area contributed by atoms with Gasteiger partial charge in [-0.2, -0.15) is 0 Å². The predicted molar refractivity (Wildman–Crippen MR) is 69.3 cm³/mol. The lowest BCUT2D eigenvalue weighted by molar-refractivity contribution is -0.141. The van der Waals surface area contributed by atoms with Crippen LogP contribution >= 0.6 is 15.9 Å². The molecule has 1 unspecified atom stereocenters. The summed E-state index contributed by atoms with van der Waals surface area (Å²) in [6.45, 7) is 1.71. The lowest BCUT2D eigenvalue weighted by atomic mass is 9.99. The molecule has 0 aliphatic carbocycles. The number of fused-ring (bicyclic) bond motifs is 1. The summed E-state index contributed by atoms with van der Waals surface area (Å²) < 4.78 is 21.7. The number of halogens is 2. The lowest BCUT2D eigenvalue weighted by Crippen LogP contribution is -2.39. The summed E-state index contributed by atoms with van der Waals surface area (Å²) >= 11 is 3.38. The number of carbonyl (C=O) groups excluding carboxylic acids is 1. The molecule has 1 aromatic heterocycles. The van der Waals surface area contributed by atoms with Gasteiger partial charge in [0, 0.05) is 26.2 Å². The Bertz CT molecular complexity index is 513. The molecule has 1 atom stereocenters. The summed E-state index contributed by atoms with van der Waals surface area (Å²) in [5.41, 5.74) is 0.732. The van der Waals surface area contributed by atoms with Crippen molar-refractivity contribution in [1.29, 1.82) is 0 Å². The number of rotatable bonds is 1. The summed E-state index contributed by atoms with van der Waals surface area (Å²) in [5.74, 6) is 0.318. The number of likely N-dealkylation sites (N-methyl/N-ethyl adjacent to an activating group) is 1. The Morgan fingerprint density at radius 3 is 2.79 bits per heavy atom. The molecule has 1 saturated heterocycles. The van der Waals surface area contributed by atoms with Crippen LogP contribution in [0.1, 0.15) is 36.6 Å². The first kappa shape index (κ1) is 13.1. The van der Waals surface area contributed by atoms with Gasteiger partial charge < -0.3 is 9.64 Å². The van der Waals surface area contributed by atoms with E-state index in [9.17, 15) is 9.18 Å². The van der Waals surface area contributed by atoms with Gasteiger partial charge in [-0.05, 0) is 28.8 Å². The van der Waals surface area contributed by atoms with Gasteiger partial charge in [0.15, 0.2) is 0 Å². The van der Waals surface area contributed by atoms with Crippen LogP contribution in [0.25, 0.3) is 0 Å². The SMILES string of the molecule is CN1Cc2c(Br)nc(C3CCOCC3)n2C(F)C1=O. The van der Waals surface area contributed by atoms with Gasteiger partial charge in [-0.3, -0.25) is 9.36 Å². The molecule has 0 N–H and O–H groups in total. The van der Waals surface area contributed by atoms with E-state index in [2.05, 4.69) is 20.9 Å². The maximum absolute atomic E-state index is 14.3. The van der Waals surface area contributed by atoms with Crippen molar-refractivity contribution in [3.63, 3.8) is 0 Å². The molecule has 2 aliphatic heterocycles. The van der Waals surface area contributed by atoms with E-state index in [0.29, 0.717) is 30.2 Å². The van der Waals surface area contributed by atoms with Crippen molar-refractivity contribution < 1.29 is 13.9 Å². The van der Waals surface area contributed by atoms with Crippen molar-refractivity contribution >= 4 is 21.8 Å². The van der Waals surface area contributed by atoms with E-state index >= 15 is 0 Å². The van der Waals surface area contributed by atoms with Crippen molar-refractivity contribution in [2.24, 2.45) is 0 Å². The second kappa shape index (κ2) is 4.86. The van der Waals surface area contributed by atoms with Gasteiger partial charge in [0.05, 0.1) is 12.2 Å². The lowest BCUT2D eigenvalue weighted by Gasteiger charge is -2.30. The van der Waals surface area contributed by atoms with Crippen molar-refractivity contribution in [1.82, 2.24) is 14.5 Å². The molecular formula is C12H15BrFN3O2. The van der Waals surface area contributed by atoms with Crippen molar-refractivity contribution in [2.45, 2.75) is 31.6 Å². The quantitative estimate of drug-likeness (QED) is 0.790. The van der Waals surface area contributed by atoms with Crippen LogP contribution in [0, 0.1) is 0 Å². The van der Waals surface area contributed by atoms with Crippen molar-refractivity contribution in [3.8, 4) is 0 Å². The van der Waals surface area contributed by atoms with Crippen LogP contribution in [-0.4, -0.2) is 40.6 Å². The monoisotopic (exact) mass is 331 g/mol. The third-order valence-electron chi connectivity index (χ3n) is 3.77. The zero-order chi connectivity index (χ0) is 13.6. The first-order chi connectivity index (χ1) is 9.09. The van der Waals surface area contributed by atoms with Crippen LogP contribution in [0.3, 0.4) is 0 Å². The highest BCUT2D eigenvalue weighted by atomic mass is 79.9. The molecule has 1 amide bonds. The Morgan fingerprint density at radius 2 is 2.11 bits per heavy atom. The third-order valence-corrected chi connectivity index (χ3v) is 4.40. The van der Waals surface area contributed by atoms with E-state index in [1.165, 1.54) is 9.47 Å². The molecule has 7 heteroatoms. The van der Waals surface area contributed by atoms with Gasteiger partial charge in [-0.1, -0.05) is 0 Å². The largest absolute Gasteiger partial charge is 0.381 e. The highest BCUT2D eigenvalue weighted by molar-refractivity contribution is 9.10. The molecule has 3 heterocycles. The van der Waals surface area contributed by atoms with E-state index < -0.39 is 12.2 Å². The van der Waals surface area contributed by atoms with Crippen LogP contribution in [0.2, 0.25) is 0 Å². The number of carbonyl (C=O) groups is 1. The molecule has 1 aromatic rings. The van der Waals surface area contributed by atoms with Crippen molar-refractivity contribution in [3.05, 3.63) is 16.1 Å². The molecule has 0 bridgehead atoms. The maximum atomic E-state index is 14.3. The van der Waals surface area contributed by atoms with Gasteiger partial charge >= 0.3 is 0 Å². The van der Waals surface area contributed by atoms with Gasteiger partial charge in [-0.15, -0.1) is 0 Å². The average Bonchev–Trinajstić information content (AvgIpc) is 2.75. The van der Waals surface area contributed by atoms with Crippen molar-refractivity contribution in [2.75, 3.05) is 20.3 Å². The highest BCUT2D eigenvalue weighted by Crippen LogP contribution is 2.36. The number of hydrogen-bond donors (Lipinski definition) is 0. The van der Waals surface area contributed by atoms with E-state index in [0.717, 1.165) is 18.5 Å². The fourth-order valence-corrected chi connectivity index (χ4v) is 3.19.